The van der Waals surface area contributed by atoms with Crippen molar-refractivity contribution in [2.24, 2.45) is 5.10 Å². The van der Waals surface area contributed by atoms with Gasteiger partial charge in [-0.05, 0) is 49.4 Å². The number of nitrogens with zero attached hydrogens (tertiary/aromatic N) is 1. The van der Waals surface area contributed by atoms with Crippen LogP contribution in [0.2, 0.25) is 0 Å². The highest BCUT2D eigenvalue weighted by Crippen LogP contribution is 2.21. The molecule has 0 fully saturated rings. The van der Waals surface area contributed by atoms with E-state index in [0.717, 1.165) is 5.69 Å². The number of amides is 1. The standard InChI is InChI=1S/C24H21N3O4/c1-2-30-20-10-6-9-18(14-20)25-23(29)21-13-16-11-12-19(28)15-22(16)31-24(21)27-26-17-7-4-3-5-8-17/h3-15,26,28H,2H2,1H3,(H,25,29)/b27-24-. The average molecular weight is 415 g/mol. The van der Waals surface area contributed by atoms with E-state index in [-0.39, 0.29) is 22.8 Å². The quantitative estimate of drug-likeness (QED) is 0.396. The average Bonchev–Trinajstić information content (AvgIpc) is 2.78. The van der Waals surface area contributed by atoms with Gasteiger partial charge in [-0.2, -0.15) is 0 Å². The lowest BCUT2D eigenvalue weighted by Gasteiger charge is -2.09. The summed E-state index contributed by atoms with van der Waals surface area (Å²) in [7, 11) is 0. The Morgan fingerprint density at radius 3 is 2.61 bits per heavy atom. The van der Waals surface area contributed by atoms with Gasteiger partial charge in [-0.1, -0.05) is 24.3 Å². The fourth-order valence-corrected chi connectivity index (χ4v) is 3.01. The van der Waals surface area contributed by atoms with Crippen molar-refractivity contribution in [3.8, 4) is 11.5 Å². The molecule has 0 aliphatic heterocycles. The number of phenolic OH excluding ortho intramolecular Hbond substituents is 1. The van der Waals surface area contributed by atoms with Crippen LogP contribution in [0.25, 0.3) is 11.0 Å². The Hall–Kier alpha value is -4.26. The number of ether oxygens (including phenoxy) is 1. The predicted octanol–water partition coefficient (Wildman–Crippen LogP) is 4.72. The molecule has 0 atom stereocenters. The zero-order valence-corrected chi connectivity index (χ0v) is 16.8. The van der Waals surface area contributed by atoms with Crippen LogP contribution in [-0.2, 0) is 0 Å². The van der Waals surface area contributed by atoms with Gasteiger partial charge < -0.3 is 19.6 Å². The second-order valence-corrected chi connectivity index (χ2v) is 6.69. The van der Waals surface area contributed by atoms with Gasteiger partial charge in [0.1, 0.15) is 22.6 Å². The lowest BCUT2D eigenvalue weighted by molar-refractivity contribution is 0.102. The number of para-hydroxylation sites is 1. The Kier molecular flexibility index (Phi) is 5.84. The second-order valence-electron chi connectivity index (χ2n) is 6.69. The van der Waals surface area contributed by atoms with Crippen molar-refractivity contribution in [2.75, 3.05) is 17.3 Å². The molecule has 3 aromatic carbocycles. The molecule has 1 aromatic heterocycles. The lowest BCUT2D eigenvalue weighted by Crippen LogP contribution is -2.22. The van der Waals surface area contributed by atoms with Gasteiger partial charge in [-0.15, -0.1) is 5.10 Å². The number of hydrogen-bond acceptors (Lipinski definition) is 6. The number of fused-ring (bicyclic) bond motifs is 1. The third kappa shape index (κ3) is 4.84. The predicted molar refractivity (Wildman–Crippen MR) is 119 cm³/mol. The van der Waals surface area contributed by atoms with Crippen LogP contribution in [0, 0.1) is 0 Å². The smallest absolute Gasteiger partial charge is 0.261 e. The number of carbonyl (C=O) groups is 1. The number of carbonyl (C=O) groups excluding carboxylic acids is 1. The third-order valence-corrected chi connectivity index (χ3v) is 4.44. The number of aromatic hydroxyl groups is 1. The highest BCUT2D eigenvalue weighted by Gasteiger charge is 2.14. The van der Waals surface area contributed by atoms with E-state index < -0.39 is 0 Å². The molecule has 0 unspecified atom stereocenters. The molecule has 7 heteroatoms. The number of nitrogens with one attached hydrogen (secondary N) is 2. The largest absolute Gasteiger partial charge is 0.508 e. The molecule has 4 rings (SSSR count). The second kappa shape index (κ2) is 9.04. The molecule has 0 saturated heterocycles. The topological polar surface area (TPSA) is 96.1 Å². The fourth-order valence-electron chi connectivity index (χ4n) is 3.01. The van der Waals surface area contributed by atoms with E-state index >= 15 is 0 Å². The van der Waals surface area contributed by atoms with Gasteiger partial charge in [-0.3, -0.25) is 10.2 Å². The third-order valence-electron chi connectivity index (χ3n) is 4.44. The van der Waals surface area contributed by atoms with E-state index in [4.69, 9.17) is 9.15 Å². The van der Waals surface area contributed by atoms with E-state index in [2.05, 4.69) is 15.8 Å². The van der Waals surface area contributed by atoms with E-state index in [0.29, 0.717) is 29.0 Å². The van der Waals surface area contributed by atoms with Gasteiger partial charge in [0.05, 0.1) is 12.3 Å². The Balaban J connectivity index is 1.73. The first kappa shape index (κ1) is 20.0. The van der Waals surface area contributed by atoms with Crippen molar-refractivity contribution >= 4 is 28.3 Å². The Bertz CT molecular complexity index is 1280. The number of benzene rings is 3. The maximum atomic E-state index is 13.1. The maximum absolute atomic E-state index is 13.1. The minimum absolute atomic E-state index is 0.0585. The monoisotopic (exact) mass is 415 g/mol. The van der Waals surface area contributed by atoms with Crippen molar-refractivity contribution in [3.63, 3.8) is 0 Å². The van der Waals surface area contributed by atoms with Crippen LogP contribution in [0.15, 0.2) is 88.4 Å². The first-order chi connectivity index (χ1) is 15.1. The molecule has 7 nitrogen and oxygen atoms in total. The van der Waals surface area contributed by atoms with E-state index in [1.165, 1.54) is 12.1 Å². The maximum Gasteiger partial charge on any atom is 0.261 e. The van der Waals surface area contributed by atoms with Gasteiger partial charge in [-0.25, -0.2) is 0 Å². The highest BCUT2D eigenvalue weighted by atomic mass is 16.5. The van der Waals surface area contributed by atoms with Crippen LogP contribution in [0.3, 0.4) is 0 Å². The van der Waals surface area contributed by atoms with Gasteiger partial charge in [0.25, 0.3) is 5.91 Å². The Labute approximate surface area is 178 Å². The first-order valence-electron chi connectivity index (χ1n) is 9.78. The zero-order chi connectivity index (χ0) is 21.6. The SMILES string of the molecule is CCOc1cccc(NC(=O)c2cc3ccc(O)cc3o/c2=N\Nc2ccccc2)c1. The molecular weight excluding hydrogens is 394 g/mol. The summed E-state index contributed by atoms with van der Waals surface area (Å²) in [6.45, 7) is 2.43. The molecule has 3 N–H and O–H groups in total. The van der Waals surface area contributed by atoms with E-state index in [1.807, 2.05) is 43.3 Å². The Morgan fingerprint density at radius 2 is 1.81 bits per heavy atom. The number of phenols is 1. The van der Waals surface area contributed by atoms with Crippen molar-refractivity contribution in [2.45, 2.75) is 6.92 Å². The molecule has 31 heavy (non-hydrogen) atoms. The van der Waals surface area contributed by atoms with Crippen molar-refractivity contribution < 1.29 is 19.1 Å². The number of hydrogen-bond donors (Lipinski definition) is 3. The number of rotatable bonds is 6. The fraction of sp³-hybridized carbons (Fsp3) is 0.0833. The summed E-state index contributed by atoms with van der Waals surface area (Å²) in [6, 6.07) is 22.8. The van der Waals surface area contributed by atoms with Crippen LogP contribution in [0.5, 0.6) is 11.5 Å². The zero-order valence-electron chi connectivity index (χ0n) is 16.8. The minimum Gasteiger partial charge on any atom is -0.508 e. The Morgan fingerprint density at radius 1 is 1.00 bits per heavy atom. The van der Waals surface area contributed by atoms with Crippen LogP contribution in [0.1, 0.15) is 17.3 Å². The summed E-state index contributed by atoms with van der Waals surface area (Å²) in [5.41, 5.74) is 4.95. The molecule has 0 aliphatic carbocycles. The van der Waals surface area contributed by atoms with E-state index in [1.54, 1.807) is 30.3 Å². The summed E-state index contributed by atoms with van der Waals surface area (Å²) in [5, 5.41) is 17.6. The molecule has 156 valence electrons. The van der Waals surface area contributed by atoms with Crippen LogP contribution < -0.4 is 21.0 Å². The van der Waals surface area contributed by atoms with Gasteiger partial charge >= 0.3 is 0 Å². The first-order valence-corrected chi connectivity index (χ1v) is 9.78. The molecule has 0 spiro atoms. The van der Waals surface area contributed by atoms with Gasteiger partial charge in [0, 0.05) is 23.2 Å². The summed E-state index contributed by atoms with van der Waals surface area (Å²) in [6.07, 6.45) is 0. The van der Waals surface area contributed by atoms with Gasteiger partial charge in [0.2, 0.25) is 5.55 Å². The molecule has 1 heterocycles. The van der Waals surface area contributed by atoms with E-state index in [9.17, 15) is 9.90 Å². The highest BCUT2D eigenvalue weighted by molar-refractivity contribution is 6.05. The molecular formula is C24H21N3O4. The van der Waals surface area contributed by atoms with Gasteiger partial charge in [0.15, 0.2) is 0 Å². The van der Waals surface area contributed by atoms with Crippen LogP contribution in [0.4, 0.5) is 11.4 Å². The van der Waals surface area contributed by atoms with Crippen molar-refractivity contribution in [1.29, 1.82) is 0 Å². The molecule has 0 saturated carbocycles. The van der Waals surface area contributed by atoms with Crippen molar-refractivity contribution in [1.82, 2.24) is 0 Å². The molecule has 1 amide bonds. The molecule has 0 aliphatic rings. The summed E-state index contributed by atoms with van der Waals surface area (Å²) in [4.78, 5) is 13.1. The summed E-state index contributed by atoms with van der Waals surface area (Å²) < 4.78 is 11.3. The summed E-state index contributed by atoms with van der Waals surface area (Å²) >= 11 is 0. The lowest BCUT2D eigenvalue weighted by atomic mass is 10.1. The van der Waals surface area contributed by atoms with Crippen molar-refractivity contribution in [3.05, 3.63) is 90.0 Å². The molecule has 0 bridgehead atoms. The normalized spacial score (nSPS) is 11.3. The molecule has 0 radical (unpaired) electrons. The van der Waals surface area contributed by atoms with Crippen LogP contribution >= 0.6 is 0 Å². The minimum atomic E-state index is -0.388. The molecule has 4 aromatic rings. The summed E-state index contributed by atoms with van der Waals surface area (Å²) in [5.74, 6) is 0.332. The number of anilines is 2. The van der Waals surface area contributed by atoms with Crippen LogP contribution in [-0.4, -0.2) is 17.6 Å².